The minimum Gasteiger partial charge on any atom is -0.491 e. The van der Waals surface area contributed by atoms with Crippen LogP contribution in [0, 0.1) is 0 Å². The number of anilines is 2. The van der Waals surface area contributed by atoms with Gasteiger partial charge in [0.2, 0.25) is 10.0 Å². The number of primary sulfonamides is 1. The quantitative estimate of drug-likeness (QED) is 0.491. The number of ether oxygens (including phenoxy) is 1. The lowest BCUT2D eigenvalue weighted by atomic mass is 10.2. The van der Waals surface area contributed by atoms with Crippen molar-refractivity contribution < 1.29 is 13.2 Å². The molecule has 0 aliphatic rings. The summed E-state index contributed by atoms with van der Waals surface area (Å²) in [5.74, 6) is 0.604. The molecule has 0 aliphatic heterocycles. The molecule has 0 atom stereocenters. The van der Waals surface area contributed by atoms with E-state index in [0.717, 1.165) is 12.1 Å². The molecule has 6 nitrogen and oxygen atoms in total. The van der Waals surface area contributed by atoms with E-state index in [1.807, 2.05) is 19.1 Å². The second-order valence-electron chi connectivity index (χ2n) is 4.25. The molecule has 1 aromatic carbocycles. The Balaban J connectivity index is 2.50. The number of hydrogen-bond donors (Lipinski definition) is 3. The SMILES string of the molecule is CCCOc1cc(NCCCS(N)(=O)=O)ccc1N. The van der Waals surface area contributed by atoms with Gasteiger partial charge in [0.15, 0.2) is 0 Å². The standard InChI is InChI=1S/C12H21N3O3S/c1-2-7-18-12-9-10(4-5-11(12)13)15-6-3-8-19(14,16)17/h4-5,9,15H,2-3,6-8,13H2,1H3,(H2,14,16,17). The Morgan fingerprint density at radius 1 is 1.37 bits per heavy atom. The van der Waals surface area contributed by atoms with Crippen molar-refractivity contribution in [2.75, 3.05) is 30.0 Å². The number of nitrogens with two attached hydrogens (primary N) is 2. The van der Waals surface area contributed by atoms with Crippen LogP contribution in [0.5, 0.6) is 5.75 Å². The van der Waals surface area contributed by atoms with Gasteiger partial charge in [0.1, 0.15) is 5.75 Å². The summed E-state index contributed by atoms with van der Waals surface area (Å²) in [4.78, 5) is 0. The second kappa shape index (κ2) is 7.20. The molecule has 5 N–H and O–H groups in total. The third-order valence-corrected chi connectivity index (χ3v) is 3.27. The van der Waals surface area contributed by atoms with Gasteiger partial charge in [-0.05, 0) is 25.0 Å². The molecular formula is C12H21N3O3S. The zero-order chi connectivity index (χ0) is 14.3. The zero-order valence-corrected chi connectivity index (χ0v) is 11.9. The first-order chi connectivity index (χ1) is 8.92. The van der Waals surface area contributed by atoms with Crippen molar-refractivity contribution in [1.82, 2.24) is 0 Å². The van der Waals surface area contributed by atoms with Gasteiger partial charge in [0, 0.05) is 18.3 Å². The van der Waals surface area contributed by atoms with E-state index in [1.54, 1.807) is 6.07 Å². The average Bonchev–Trinajstić information content (AvgIpc) is 2.33. The van der Waals surface area contributed by atoms with E-state index in [1.165, 1.54) is 0 Å². The number of benzene rings is 1. The van der Waals surface area contributed by atoms with Gasteiger partial charge in [0.25, 0.3) is 0 Å². The Bertz CT molecular complexity index is 503. The molecule has 0 radical (unpaired) electrons. The van der Waals surface area contributed by atoms with E-state index in [0.29, 0.717) is 31.0 Å². The normalized spacial score (nSPS) is 11.3. The number of sulfonamides is 1. The van der Waals surface area contributed by atoms with Gasteiger partial charge in [-0.2, -0.15) is 0 Å². The molecule has 0 unspecified atom stereocenters. The molecule has 0 aliphatic carbocycles. The van der Waals surface area contributed by atoms with E-state index < -0.39 is 10.0 Å². The van der Waals surface area contributed by atoms with Crippen LogP contribution < -0.4 is 20.9 Å². The molecule has 0 aromatic heterocycles. The third kappa shape index (κ3) is 6.30. The fraction of sp³-hybridized carbons (Fsp3) is 0.500. The van der Waals surface area contributed by atoms with E-state index >= 15 is 0 Å². The van der Waals surface area contributed by atoms with E-state index in [-0.39, 0.29) is 5.75 Å². The first kappa shape index (κ1) is 15.6. The van der Waals surface area contributed by atoms with Crippen LogP contribution >= 0.6 is 0 Å². The van der Waals surface area contributed by atoms with Crippen LogP contribution in [0.2, 0.25) is 0 Å². The van der Waals surface area contributed by atoms with Crippen molar-refractivity contribution in [1.29, 1.82) is 0 Å². The van der Waals surface area contributed by atoms with Crippen LogP contribution in [0.3, 0.4) is 0 Å². The summed E-state index contributed by atoms with van der Waals surface area (Å²) in [7, 11) is -3.39. The third-order valence-electron chi connectivity index (χ3n) is 2.41. The molecule has 0 amide bonds. The molecule has 0 spiro atoms. The highest BCUT2D eigenvalue weighted by molar-refractivity contribution is 7.89. The highest BCUT2D eigenvalue weighted by Gasteiger charge is 2.04. The molecule has 0 bridgehead atoms. The minimum atomic E-state index is -3.39. The number of nitrogens with one attached hydrogen (secondary N) is 1. The van der Waals surface area contributed by atoms with Crippen molar-refractivity contribution in [3.05, 3.63) is 18.2 Å². The lowest BCUT2D eigenvalue weighted by molar-refractivity contribution is 0.319. The fourth-order valence-electron chi connectivity index (χ4n) is 1.49. The van der Waals surface area contributed by atoms with E-state index in [4.69, 9.17) is 15.6 Å². The maximum Gasteiger partial charge on any atom is 0.209 e. The van der Waals surface area contributed by atoms with Crippen LogP contribution in [0.4, 0.5) is 11.4 Å². The first-order valence-corrected chi connectivity index (χ1v) is 7.90. The largest absolute Gasteiger partial charge is 0.491 e. The van der Waals surface area contributed by atoms with E-state index in [2.05, 4.69) is 5.32 Å². The summed E-state index contributed by atoms with van der Waals surface area (Å²) in [5.41, 5.74) is 7.22. The average molecular weight is 287 g/mol. The van der Waals surface area contributed by atoms with Gasteiger partial charge in [-0.3, -0.25) is 0 Å². The Labute approximate surface area is 114 Å². The van der Waals surface area contributed by atoms with Gasteiger partial charge in [-0.15, -0.1) is 0 Å². The topological polar surface area (TPSA) is 107 Å². The smallest absolute Gasteiger partial charge is 0.209 e. The molecule has 19 heavy (non-hydrogen) atoms. The minimum absolute atomic E-state index is 0.0336. The molecule has 1 aromatic rings. The predicted molar refractivity (Wildman–Crippen MR) is 77.7 cm³/mol. The van der Waals surface area contributed by atoms with Crippen LogP contribution in [-0.4, -0.2) is 27.3 Å². The number of nitrogen functional groups attached to an aromatic ring is 1. The maximum atomic E-state index is 10.8. The van der Waals surface area contributed by atoms with Crippen molar-refractivity contribution in [3.8, 4) is 5.75 Å². The van der Waals surface area contributed by atoms with Crippen molar-refractivity contribution in [2.24, 2.45) is 5.14 Å². The lowest BCUT2D eigenvalue weighted by Gasteiger charge is -2.11. The van der Waals surface area contributed by atoms with Gasteiger partial charge >= 0.3 is 0 Å². The summed E-state index contributed by atoms with van der Waals surface area (Å²) in [6, 6.07) is 5.39. The molecular weight excluding hydrogens is 266 g/mol. The maximum absolute atomic E-state index is 10.8. The van der Waals surface area contributed by atoms with Crippen LogP contribution in [-0.2, 0) is 10.0 Å². The summed E-state index contributed by atoms with van der Waals surface area (Å²) in [6.45, 7) is 3.15. The van der Waals surface area contributed by atoms with Gasteiger partial charge in [-0.1, -0.05) is 6.92 Å². The predicted octanol–water partition coefficient (Wildman–Crippen LogP) is 1.15. The van der Waals surface area contributed by atoms with Gasteiger partial charge in [-0.25, -0.2) is 13.6 Å². The molecule has 0 saturated heterocycles. The van der Waals surface area contributed by atoms with E-state index in [9.17, 15) is 8.42 Å². The van der Waals surface area contributed by atoms with Crippen LogP contribution in [0.25, 0.3) is 0 Å². The Morgan fingerprint density at radius 2 is 2.11 bits per heavy atom. The molecule has 0 heterocycles. The first-order valence-electron chi connectivity index (χ1n) is 6.19. The number of hydrogen-bond acceptors (Lipinski definition) is 5. The summed E-state index contributed by atoms with van der Waals surface area (Å²) in [5, 5.41) is 8.03. The Hall–Kier alpha value is -1.47. The summed E-state index contributed by atoms with van der Waals surface area (Å²) >= 11 is 0. The highest BCUT2D eigenvalue weighted by atomic mass is 32.2. The molecule has 7 heteroatoms. The highest BCUT2D eigenvalue weighted by Crippen LogP contribution is 2.25. The summed E-state index contributed by atoms with van der Waals surface area (Å²) in [6.07, 6.45) is 1.36. The Morgan fingerprint density at radius 3 is 2.74 bits per heavy atom. The second-order valence-corrected chi connectivity index (χ2v) is 5.98. The van der Waals surface area contributed by atoms with Crippen LogP contribution in [0.15, 0.2) is 18.2 Å². The fourth-order valence-corrected chi connectivity index (χ4v) is 2.03. The summed E-state index contributed by atoms with van der Waals surface area (Å²) < 4.78 is 27.1. The monoisotopic (exact) mass is 287 g/mol. The lowest BCUT2D eigenvalue weighted by Crippen LogP contribution is -2.18. The number of rotatable bonds is 8. The van der Waals surface area contributed by atoms with Crippen molar-refractivity contribution in [2.45, 2.75) is 19.8 Å². The van der Waals surface area contributed by atoms with Crippen LogP contribution in [0.1, 0.15) is 19.8 Å². The molecule has 0 saturated carbocycles. The Kier molecular flexibility index (Phi) is 5.91. The molecule has 0 fully saturated rings. The molecule has 1 rings (SSSR count). The molecule has 108 valence electrons. The van der Waals surface area contributed by atoms with Crippen molar-refractivity contribution >= 4 is 21.4 Å². The van der Waals surface area contributed by atoms with Crippen molar-refractivity contribution in [3.63, 3.8) is 0 Å². The van der Waals surface area contributed by atoms with Gasteiger partial charge in [0.05, 0.1) is 18.0 Å². The zero-order valence-electron chi connectivity index (χ0n) is 11.1. The van der Waals surface area contributed by atoms with Gasteiger partial charge < -0.3 is 15.8 Å².